The normalized spacial score (nSPS) is 17.0. The molecule has 0 aliphatic heterocycles. The summed E-state index contributed by atoms with van der Waals surface area (Å²) in [7, 11) is 4.27. The van der Waals surface area contributed by atoms with Crippen LogP contribution in [0.5, 0.6) is 17.2 Å². The molecule has 0 radical (unpaired) electrons. The van der Waals surface area contributed by atoms with Crippen molar-refractivity contribution in [2.75, 3.05) is 21.3 Å². The Hall–Kier alpha value is -2.24. The molecule has 2 rings (SSSR count). The molecule has 0 amide bonds. The molecule has 0 bridgehead atoms. The Bertz CT molecular complexity index is 549. The fourth-order valence-electron chi connectivity index (χ4n) is 2.38. The van der Waals surface area contributed by atoms with E-state index in [1.54, 1.807) is 0 Å². The second-order valence-corrected chi connectivity index (χ2v) is 4.12. The molecule has 1 aromatic carbocycles. The number of aliphatic carboxylic acids is 1. The smallest absolute Gasteiger partial charge is 0.311 e. The minimum absolute atomic E-state index is 0.0927. The Balaban J connectivity index is 2.76. The first kappa shape index (κ1) is 13.2. The summed E-state index contributed by atoms with van der Waals surface area (Å²) in [6, 6.07) is 1.53. The molecule has 1 N–H and O–H groups in total. The minimum atomic E-state index is -1.06. The molecule has 6 nitrogen and oxygen atoms in total. The molecule has 0 saturated carbocycles. The third kappa shape index (κ3) is 1.89. The van der Waals surface area contributed by atoms with Crippen LogP contribution in [-0.4, -0.2) is 38.2 Å². The van der Waals surface area contributed by atoms with Crippen LogP contribution in [0.15, 0.2) is 6.07 Å². The topological polar surface area (TPSA) is 82.1 Å². The monoisotopic (exact) mass is 266 g/mol. The Labute approximate surface area is 109 Å². The van der Waals surface area contributed by atoms with Crippen molar-refractivity contribution in [1.82, 2.24) is 0 Å². The average Bonchev–Trinajstić information content (AvgIpc) is 2.75. The highest BCUT2D eigenvalue weighted by Crippen LogP contribution is 2.48. The zero-order valence-electron chi connectivity index (χ0n) is 10.9. The van der Waals surface area contributed by atoms with Crippen LogP contribution in [0.2, 0.25) is 0 Å². The number of methoxy groups -OCH3 is 3. The van der Waals surface area contributed by atoms with Crippen LogP contribution >= 0.6 is 0 Å². The van der Waals surface area contributed by atoms with Crippen LogP contribution in [0.3, 0.4) is 0 Å². The number of carbonyl (C=O) groups excluding carboxylic acids is 1. The summed E-state index contributed by atoms with van der Waals surface area (Å²) in [5, 5.41) is 9.21. The number of hydrogen-bond acceptors (Lipinski definition) is 5. The Morgan fingerprint density at radius 3 is 2.32 bits per heavy atom. The first-order valence-electron chi connectivity index (χ1n) is 5.64. The number of carboxylic acid groups (broad SMARTS) is 1. The molecule has 0 heterocycles. The van der Waals surface area contributed by atoms with Gasteiger partial charge in [-0.25, -0.2) is 0 Å². The number of ketones is 1. The van der Waals surface area contributed by atoms with E-state index in [1.165, 1.54) is 27.4 Å². The maximum atomic E-state index is 12.0. The summed E-state index contributed by atoms with van der Waals surface area (Å²) in [4.78, 5) is 23.3. The summed E-state index contributed by atoms with van der Waals surface area (Å²) in [6.07, 6.45) is -0.0927. The average molecular weight is 266 g/mol. The van der Waals surface area contributed by atoms with Crippen LogP contribution in [0.1, 0.15) is 28.3 Å². The van der Waals surface area contributed by atoms with Gasteiger partial charge in [-0.3, -0.25) is 9.59 Å². The van der Waals surface area contributed by atoms with Crippen molar-refractivity contribution in [3.8, 4) is 17.2 Å². The maximum Gasteiger partial charge on any atom is 0.311 e. The lowest BCUT2D eigenvalue weighted by atomic mass is 9.99. The molecule has 19 heavy (non-hydrogen) atoms. The molecule has 1 unspecified atom stereocenters. The van der Waals surface area contributed by atoms with E-state index in [-0.39, 0.29) is 23.5 Å². The zero-order chi connectivity index (χ0) is 14.2. The third-order valence-corrected chi connectivity index (χ3v) is 3.21. The van der Waals surface area contributed by atoms with Crippen molar-refractivity contribution >= 4 is 11.8 Å². The molecule has 1 atom stereocenters. The molecule has 0 saturated heterocycles. The fraction of sp³-hybridized carbons (Fsp3) is 0.385. The number of hydrogen-bond donors (Lipinski definition) is 1. The number of carbonyl (C=O) groups is 2. The fourth-order valence-corrected chi connectivity index (χ4v) is 2.38. The van der Waals surface area contributed by atoms with Crippen LogP contribution in [0.4, 0.5) is 0 Å². The van der Waals surface area contributed by atoms with Gasteiger partial charge < -0.3 is 19.3 Å². The number of rotatable bonds is 4. The van der Waals surface area contributed by atoms with Gasteiger partial charge in [0.25, 0.3) is 0 Å². The first-order valence-corrected chi connectivity index (χ1v) is 5.64. The largest absolute Gasteiger partial charge is 0.496 e. The maximum absolute atomic E-state index is 12.0. The van der Waals surface area contributed by atoms with Crippen LogP contribution in [0.25, 0.3) is 0 Å². The van der Waals surface area contributed by atoms with Gasteiger partial charge in [0.1, 0.15) is 5.75 Å². The lowest BCUT2D eigenvalue weighted by molar-refractivity contribution is -0.138. The second-order valence-electron chi connectivity index (χ2n) is 4.12. The lowest BCUT2D eigenvalue weighted by Crippen LogP contribution is -2.09. The van der Waals surface area contributed by atoms with Gasteiger partial charge in [-0.05, 0) is 0 Å². The van der Waals surface area contributed by atoms with Gasteiger partial charge >= 0.3 is 5.97 Å². The standard InChI is InChI=1S/C13H14O6/c1-17-8-5-9(18-2)12(19-3)11-7(14)4-6(10(8)11)13(15)16/h5-6H,4H2,1-3H3,(H,15,16). The number of carboxylic acids is 1. The molecule has 1 aliphatic rings. The van der Waals surface area contributed by atoms with E-state index in [0.29, 0.717) is 17.1 Å². The van der Waals surface area contributed by atoms with E-state index >= 15 is 0 Å². The molecule has 0 spiro atoms. The second kappa shape index (κ2) is 4.79. The van der Waals surface area contributed by atoms with Crippen molar-refractivity contribution in [3.05, 3.63) is 17.2 Å². The van der Waals surface area contributed by atoms with E-state index in [9.17, 15) is 14.7 Å². The summed E-state index contributed by atoms with van der Waals surface area (Å²) >= 11 is 0. The number of Topliss-reactive ketones (excluding diaryl/α,β-unsaturated/α-hetero) is 1. The third-order valence-electron chi connectivity index (χ3n) is 3.21. The quantitative estimate of drug-likeness (QED) is 0.888. The predicted octanol–water partition coefficient (Wildman–Crippen LogP) is 1.47. The van der Waals surface area contributed by atoms with Gasteiger partial charge in [0, 0.05) is 18.1 Å². The summed E-state index contributed by atoms with van der Waals surface area (Å²) in [5.41, 5.74) is 0.601. The van der Waals surface area contributed by atoms with Gasteiger partial charge in [0.2, 0.25) is 0 Å². The van der Waals surface area contributed by atoms with Gasteiger partial charge in [0.15, 0.2) is 17.3 Å². The van der Waals surface area contributed by atoms with Crippen molar-refractivity contribution < 1.29 is 28.9 Å². The van der Waals surface area contributed by atoms with E-state index in [4.69, 9.17) is 14.2 Å². The van der Waals surface area contributed by atoms with E-state index < -0.39 is 11.9 Å². The predicted molar refractivity (Wildman–Crippen MR) is 65.4 cm³/mol. The van der Waals surface area contributed by atoms with Crippen molar-refractivity contribution in [2.24, 2.45) is 0 Å². The van der Waals surface area contributed by atoms with Gasteiger partial charge in [-0.1, -0.05) is 0 Å². The minimum Gasteiger partial charge on any atom is -0.496 e. The number of fused-ring (bicyclic) bond motifs is 1. The Kier molecular flexibility index (Phi) is 3.33. The van der Waals surface area contributed by atoms with Gasteiger partial charge in [-0.15, -0.1) is 0 Å². The highest BCUT2D eigenvalue weighted by molar-refractivity contribution is 6.09. The summed E-state index contributed by atoms with van der Waals surface area (Å²) in [5.74, 6) is -1.32. The van der Waals surface area contributed by atoms with Crippen molar-refractivity contribution in [1.29, 1.82) is 0 Å². The lowest BCUT2D eigenvalue weighted by Gasteiger charge is -2.16. The van der Waals surface area contributed by atoms with E-state index in [1.807, 2.05) is 0 Å². The molecular weight excluding hydrogens is 252 g/mol. The molecular formula is C13H14O6. The zero-order valence-corrected chi connectivity index (χ0v) is 10.9. The number of ether oxygens (including phenoxy) is 3. The van der Waals surface area contributed by atoms with Gasteiger partial charge in [0.05, 0.1) is 32.8 Å². The number of benzene rings is 1. The van der Waals surface area contributed by atoms with Gasteiger partial charge in [-0.2, -0.15) is 0 Å². The van der Waals surface area contributed by atoms with Crippen LogP contribution < -0.4 is 14.2 Å². The van der Waals surface area contributed by atoms with E-state index in [0.717, 1.165) is 0 Å². The summed E-state index contributed by atoms with van der Waals surface area (Å²) in [6.45, 7) is 0. The molecule has 0 aromatic heterocycles. The molecule has 6 heteroatoms. The van der Waals surface area contributed by atoms with Crippen molar-refractivity contribution in [2.45, 2.75) is 12.3 Å². The highest BCUT2D eigenvalue weighted by Gasteiger charge is 2.40. The Morgan fingerprint density at radius 2 is 1.84 bits per heavy atom. The molecule has 1 aromatic rings. The molecule has 102 valence electrons. The molecule has 0 fully saturated rings. The van der Waals surface area contributed by atoms with Crippen molar-refractivity contribution in [3.63, 3.8) is 0 Å². The highest BCUT2D eigenvalue weighted by atomic mass is 16.5. The first-order chi connectivity index (χ1) is 9.04. The Morgan fingerprint density at radius 1 is 1.21 bits per heavy atom. The van der Waals surface area contributed by atoms with E-state index in [2.05, 4.69) is 0 Å². The SMILES string of the molecule is COc1cc(OC)c2c(c1OC)C(=O)CC2C(=O)O. The summed E-state index contributed by atoms with van der Waals surface area (Å²) < 4.78 is 15.5. The van der Waals surface area contributed by atoms with Crippen LogP contribution in [-0.2, 0) is 4.79 Å². The van der Waals surface area contributed by atoms with Crippen LogP contribution in [0, 0.1) is 0 Å². The molecule has 1 aliphatic carbocycles.